The molecule has 186 valence electrons. The highest BCUT2D eigenvalue weighted by Crippen LogP contribution is 2.44. The van der Waals surface area contributed by atoms with Crippen LogP contribution in [0.3, 0.4) is 0 Å². The molecule has 4 aromatic rings. The van der Waals surface area contributed by atoms with Gasteiger partial charge in [-0.25, -0.2) is 4.39 Å². The number of nitrogens with zero attached hydrogens (tertiary/aromatic N) is 3. The van der Waals surface area contributed by atoms with Gasteiger partial charge in [-0.15, -0.1) is 10.2 Å². The highest BCUT2D eigenvalue weighted by molar-refractivity contribution is 7.15. The molecule has 0 saturated carbocycles. The average molecular weight is 510 g/mol. The van der Waals surface area contributed by atoms with Crippen molar-refractivity contribution < 1.29 is 23.1 Å². The third-order valence-corrected chi connectivity index (χ3v) is 6.94. The first-order valence-electron chi connectivity index (χ1n) is 11.5. The third-order valence-electron chi connectivity index (χ3n) is 5.87. The lowest BCUT2D eigenvalue weighted by molar-refractivity contribution is 0.0970. The highest BCUT2D eigenvalue weighted by Gasteiger charge is 2.45. The Morgan fingerprint density at radius 3 is 2.64 bits per heavy atom. The van der Waals surface area contributed by atoms with E-state index in [1.807, 2.05) is 20.8 Å². The second kappa shape index (κ2) is 9.34. The third kappa shape index (κ3) is 4.01. The summed E-state index contributed by atoms with van der Waals surface area (Å²) in [6.07, 6.45) is 0.646. The van der Waals surface area contributed by atoms with E-state index in [2.05, 4.69) is 10.2 Å². The molecule has 0 aliphatic carbocycles. The molecule has 2 aromatic carbocycles. The van der Waals surface area contributed by atoms with Crippen molar-refractivity contribution in [3.8, 4) is 11.5 Å². The minimum atomic E-state index is -0.873. The van der Waals surface area contributed by atoms with Crippen LogP contribution in [-0.2, 0) is 6.42 Å². The van der Waals surface area contributed by atoms with Gasteiger partial charge in [-0.3, -0.25) is 14.5 Å². The van der Waals surface area contributed by atoms with Crippen molar-refractivity contribution in [1.29, 1.82) is 0 Å². The van der Waals surface area contributed by atoms with Crippen LogP contribution in [0.2, 0.25) is 0 Å². The highest BCUT2D eigenvalue weighted by atomic mass is 32.1. The summed E-state index contributed by atoms with van der Waals surface area (Å²) >= 11 is 1.26. The lowest BCUT2D eigenvalue weighted by Crippen LogP contribution is -2.29. The molecule has 0 spiro atoms. The number of amides is 1. The zero-order chi connectivity index (χ0) is 25.6. The van der Waals surface area contributed by atoms with E-state index in [1.165, 1.54) is 35.5 Å². The number of hydrogen-bond acceptors (Lipinski definition) is 8. The number of hydrogen-bond donors (Lipinski definition) is 0. The molecule has 1 aliphatic heterocycles. The van der Waals surface area contributed by atoms with E-state index < -0.39 is 23.2 Å². The number of methoxy groups -OCH3 is 1. The number of benzene rings is 2. The van der Waals surface area contributed by atoms with Crippen LogP contribution >= 0.6 is 11.3 Å². The summed E-state index contributed by atoms with van der Waals surface area (Å²) < 4.78 is 31.3. The average Bonchev–Trinajstić information content (AvgIpc) is 3.45. The van der Waals surface area contributed by atoms with Crippen molar-refractivity contribution in [2.45, 2.75) is 33.2 Å². The van der Waals surface area contributed by atoms with Gasteiger partial charge in [0.25, 0.3) is 5.91 Å². The normalized spacial score (nSPS) is 15.1. The van der Waals surface area contributed by atoms with Gasteiger partial charge in [0, 0.05) is 0 Å². The fourth-order valence-electron chi connectivity index (χ4n) is 4.17. The van der Waals surface area contributed by atoms with Crippen LogP contribution < -0.4 is 19.8 Å². The number of aryl methyl sites for hydroxylation is 1. The van der Waals surface area contributed by atoms with Crippen molar-refractivity contribution in [3.05, 3.63) is 74.3 Å². The minimum Gasteiger partial charge on any atom is -0.493 e. The summed E-state index contributed by atoms with van der Waals surface area (Å²) in [4.78, 5) is 28.7. The Bertz CT molecular complexity index is 1530. The molecule has 0 saturated heterocycles. The van der Waals surface area contributed by atoms with Gasteiger partial charge in [0.15, 0.2) is 16.9 Å². The molecule has 8 nitrogen and oxygen atoms in total. The Balaban J connectivity index is 1.72. The monoisotopic (exact) mass is 509 g/mol. The Morgan fingerprint density at radius 2 is 1.94 bits per heavy atom. The summed E-state index contributed by atoms with van der Waals surface area (Å²) in [6.45, 7) is 6.52. The zero-order valence-electron chi connectivity index (χ0n) is 20.2. The van der Waals surface area contributed by atoms with Gasteiger partial charge in [-0.2, -0.15) is 0 Å². The Hall–Kier alpha value is -3.79. The van der Waals surface area contributed by atoms with E-state index >= 15 is 0 Å². The quantitative estimate of drug-likeness (QED) is 0.340. The van der Waals surface area contributed by atoms with Crippen LogP contribution in [0.1, 0.15) is 53.5 Å². The van der Waals surface area contributed by atoms with E-state index in [-0.39, 0.29) is 22.3 Å². The second-order valence-corrected chi connectivity index (χ2v) is 9.88. The molecule has 0 N–H and O–H groups in total. The maximum absolute atomic E-state index is 14.0. The van der Waals surface area contributed by atoms with Crippen LogP contribution in [0.5, 0.6) is 11.5 Å². The van der Waals surface area contributed by atoms with Crippen LogP contribution in [-0.4, -0.2) is 29.8 Å². The first-order valence-corrected chi connectivity index (χ1v) is 12.4. The molecule has 0 fully saturated rings. The SMILES string of the molecule is CCc1nnc(N2C(=O)c3oc4ccc(F)cc4c(=O)c3C2c2ccc(OCC(C)C)c(OC)c2)s1. The molecule has 0 radical (unpaired) electrons. The molecule has 0 bridgehead atoms. The molecule has 1 atom stereocenters. The van der Waals surface area contributed by atoms with Gasteiger partial charge in [0.2, 0.25) is 10.9 Å². The molecule has 5 rings (SSSR count). The van der Waals surface area contributed by atoms with Gasteiger partial charge in [-0.1, -0.05) is 38.2 Å². The van der Waals surface area contributed by atoms with Crippen LogP contribution in [0, 0.1) is 11.7 Å². The molecule has 1 unspecified atom stereocenters. The van der Waals surface area contributed by atoms with E-state index in [0.717, 1.165) is 11.1 Å². The van der Waals surface area contributed by atoms with Crippen molar-refractivity contribution >= 4 is 33.3 Å². The van der Waals surface area contributed by atoms with Crippen LogP contribution in [0.4, 0.5) is 9.52 Å². The molecule has 1 aliphatic rings. The topological polar surface area (TPSA) is 94.8 Å². The number of halogens is 1. The summed E-state index contributed by atoms with van der Waals surface area (Å²) in [5, 5.41) is 9.51. The number of rotatable bonds is 7. The number of fused-ring (bicyclic) bond motifs is 2. The predicted molar refractivity (Wildman–Crippen MR) is 134 cm³/mol. The first-order chi connectivity index (χ1) is 17.3. The largest absolute Gasteiger partial charge is 0.493 e. The fraction of sp³-hybridized carbons (Fsp3) is 0.308. The van der Waals surface area contributed by atoms with Crippen molar-refractivity contribution in [2.24, 2.45) is 5.92 Å². The molecule has 10 heteroatoms. The smallest absolute Gasteiger partial charge is 0.297 e. The van der Waals surface area contributed by atoms with Crippen molar-refractivity contribution in [1.82, 2.24) is 10.2 Å². The molecule has 2 aromatic heterocycles. The van der Waals surface area contributed by atoms with Gasteiger partial charge in [-0.05, 0) is 48.2 Å². The maximum atomic E-state index is 14.0. The van der Waals surface area contributed by atoms with Gasteiger partial charge < -0.3 is 13.9 Å². The second-order valence-electron chi connectivity index (χ2n) is 8.84. The minimum absolute atomic E-state index is 0.0590. The molecule has 1 amide bonds. The predicted octanol–water partition coefficient (Wildman–Crippen LogP) is 5.14. The lowest BCUT2D eigenvalue weighted by Gasteiger charge is -2.23. The van der Waals surface area contributed by atoms with Gasteiger partial charge >= 0.3 is 0 Å². The number of ether oxygens (including phenoxy) is 2. The van der Waals surface area contributed by atoms with E-state index in [0.29, 0.717) is 41.1 Å². The zero-order valence-corrected chi connectivity index (χ0v) is 21.0. The Kier molecular flexibility index (Phi) is 6.21. The standard InChI is InChI=1S/C26H24FN3O5S/c1-5-20-28-29-26(36-20)30-22(14-6-8-18(19(10-14)33-4)34-12-13(2)3)21-23(31)16-11-15(27)7-9-17(16)35-24(21)25(30)32/h6-11,13,22H,5,12H2,1-4H3. The fourth-order valence-corrected chi connectivity index (χ4v) is 4.98. The van der Waals surface area contributed by atoms with Gasteiger partial charge in [0.05, 0.1) is 30.7 Å². The van der Waals surface area contributed by atoms with Crippen LogP contribution in [0.25, 0.3) is 11.0 Å². The summed E-state index contributed by atoms with van der Waals surface area (Å²) in [7, 11) is 1.52. The molecular formula is C26H24FN3O5S. The summed E-state index contributed by atoms with van der Waals surface area (Å²) in [5.74, 6) is 0.123. The van der Waals surface area contributed by atoms with E-state index in [9.17, 15) is 14.0 Å². The molecule has 3 heterocycles. The molecule has 36 heavy (non-hydrogen) atoms. The lowest BCUT2D eigenvalue weighted by atomic mass is 9.98. The summed E-state index contributed by atoms with van der Waals surface area (Å²) in [6, 6.07) is 8.03. The Morgan fingerprint density at radius 1 is 1.14 bits per heavy atom. The molecular weight excluding hydrogens is 485 g/mol. The van der Waals surface area contributed by atoms with E-state index in [4.69, 9.17) is 13.9 Å². The summed E-state index contributed by atoms with van der Waals surface area (Å²) in [5.41, 5.74) is 0.359. The number of carbonyl (C=O) groups is 1. The van der Waals surface area contributed by atoms with Crippen molar-refractivity contribution in [2.75, 3.05) is 18.6 Å². The van der Waals surface area contributed by atoms with Crippen molar-refractivity contribution in [3.63, 3.8) is 0 Å². The number of carbonyl (C=O) groups excluding carboxylic acids is 1. The Labute approximate surface area is 210 Å². The van der Waals surface area contributed by atoms with E-state index in [1.54, 1.807) is 18.2 Å². The van der Waals surface area contributed by atoms with Gasteiger partial charge in [0.1, 0.15) is 16.4 Å². The number of anilines is 1. The maximum Gasteiger partial charge on any atom is 0.297 e. The van der Waals surface area contributed by atoms with Crippen LogP contribution in [0.15, 0.2) is 45.6 Å². The first kappa shape index (κ1) is 23.9. The number of aromatic nitrogens is 2.